The van der Waals surface area contributed by atoms with E-state index in [1.54, 1.807) is 0 Å². The molecular weight excluding hydrogens is 397 g/mol. The molecule has 0 saturated carbocycles. The Bertz CT molecular complexity index is 840. The van der Waals surface area contributed by atoms with E-state index in [1.165, 1.54) is 24.3 Å². The summed E-state index contributed by atoms with van der Waals surface area (Å²) >= 11 is 12.1. The Hall–Kier alpha value is -2.18. The Balaban J connectivity index is 2.11. The average molecular weight is 415 g/mol. The molecule has 0 aliphatic rings. The summed E-state index contributed by atoms with van der Waals surface area (Å²) in [6, 6.07) is 5.99. The van der Waals surface area contributed by atoms with Gasteiger partial charge in [0, 0.05) is 24.1 Å². The highest BCUT2D eigenvalue weighted by atomic mass is 35.5. The zero-order valence-electron chi connectivity index (χ0n) is 14.5. The van der Waals surface area contributed by atoms with E-state index in [4.69, 9.17) is 23.2 Å². The van der Waals surface area contributed by atoms with Crippen molar-refractivity contribution >= 4 is 40.7 Å². The molecule has 144 valence electrons. The minimum absolute atomic E-state index is 0.113. The van der Waals surface area contributed by atoms with Gasteiger partial charge in [-0.15, -0.1) is 0 Å². The monoisotopic (exact) mass is 414 g/mol. The maximum Gasteiger partial charge on any atom is 0.253 e. The number of halogens is 4. The molecule has 27 heavy (non-hydrogen) atoms. The first-order valence-corrected chi connectivity index (χ1v) is 9.07. The molecule has 2 aromatic carbocycles. The summed E-state index contributed by atoms with van der Waals surface area (Å²) in [6.07, 6.45) is 1.15. The maximum absolute atomic E-state index is 13.2. The standard InChI is InChI=1S/C19H18Cl2F2N2O2/c1-2-3-17(26)25-18-15(8-12(20)9-16(18)21)19(27)24-5-4-11-6-13(22)10-14(23)7-11/h6-10H,2-5H2,1H3,(H,24,27)(H,25,26). The van der Waals surface area contributed by atoms with E-state index >= 15 is 0 Å². The number of carbonyl (C=O) groups excluding carboxylic acids is 2. The quantitative estimate of drug-likeness (QED) is 0.670. The van der Waals surface area contributed by atoms with Gasteiger partial charge in [0.05, 0.1) is 16.3 Å². The molecule has 2 rings (SSSR count). The van der Waals surface area contributed by atoms with Crippen LogP contribution in [0.15, 0.2) is 30.3 Å². The van der Waals surface area contributed by atoms with Crippen molar-refractivity contribution in [1.29, 1.82) is 0 Å². The minimum atomic E-state index is -0.682. The van der Waals surface area contributed by atoms with Crippen LogP contribution < -0.4 is 10.6 Å². The zero-order valence-corrected chi connectivity index (χ0v) is 16.1. The Morgan fingerprint density at radius 3 is 2.33 bits per heavy atom. The first-order valence-electron chi connectivity index (χ1n) is 8.32. The Kier molecular flexibility index (Phi) is 7.56. The third-order valence-electron chi connectivity index (χ3n) is 3.66. The van der Waals surface area contributed by atoms with Crippen molar-refractivity contribution in [3.05, 3.63) is 63.1 Å². The van der Waals surface area contributed by atoms with E-state index in [-0.39, 0.29) is 46.6 Å². The van der Waals surface area contributed by atoms with E-state index in [0.29, 0.717) is 12.0 Å². The van der Waals surface area contributed by atoms with E-state index in [2.05, 4.69) is 10.6 Å². The van der Waals surface area contributed by atoms with Gasteiger partial charge in [-0.2, -0.15) is 0 Å². The van der Waals surface area contributed by atoms with Crippen LogP contribution in [-0.4, -0.2) is 18.4 Å². The molecule has 2 aromatic rings. The summed E-state index contributed by atoms with van der Waals surface area (Å²) in [5, 5.41) is 5.64. The molecule has 0 aliphatic heterocycles. The lowest BCUT2D eigenvalue weighted by Crippen LogP contribution is -2.27. The molecule has 0 radical (unpaired) electrons. The summed E-state index contributed by atoms with van der Waals surface area (Å²) in [6.45, 7) is 1.99. The topological polar surface area (TPSA) is 58.2 Å². The van der Waals surface area contributed by atoms with Gasteiger partial charge < -0.3 is 10.6 Å². The first-order chi connectivity index (χ1) is 12.8. The van der Waals surface area contributed by atoms with Crippen molar-refractivity contribution in [1.82, 2.24) is 5.32 Å². The van der Waals surface area contributed by atoms with Crippen LogP contribution in [0, 0.1) is 11.6 Å². The molecule has 0 heterocycles. The van der Waals surface area contributed by atoms with Crippen molar-refractivity contribution in [2.45, 2.75) is 26.2 Å². The number of hydrogen-bond acceptors (Lipinski definition) is 2. The lowest BCUT2D eigenvalue weighted by Gasteiger charge is -2.14. The van der Waals surface area contributed by atoms with Crippen molar-refractivity contribution in [3.63, 3.8) is 0 Å². The molecular formula is C19H18Cl2F2N2O2. The van der Waals surface area contributed by atoms with Gasteiger partial charge in [-0.25, -0.2) is 8.78 Å². The van der Waals surface area contributed by atoms with Gasteiger partial charge >= 0.3 is 0 Å². The summed E-state index contributed by atoms with van der Waals surface area (Å²) in [7, 11) is 0. The van der Waals surface area contributed by atoms with E-state index in [0.717, 1.165) is 6.07 Å². The third kappa shape index (κ3) is 6.19. The molecule has 2 amide bonds. The first kappa shape index (κ1) is 21.1. The summed E-state index contributed by atoms with van der Waals surface area (Å²) in [4.78, 5) is 24.4. The van der Waals surface area contributed by atoms with E-state index < -0.39 is 17.5 Å². The third-order valence-corrected chi connectivity index (χ3v) is 4.18. The van der Waals surface area contributed by atoms with Gasteiger partial charge in [-0.05, 0) is 42.7 Å². The fourth-order valence-electron chi connectivity index (χ4n) is 2.48. The molecule has 0 aliphatic carbocycles. The van der Waals surface area contributed by atoms with Crippen LogP contribution in [0.2, 0.25) is 10.0 Å². The highest BCUT2D eigenvalue weighted by Crippen LogP contribution is 2.30. The Morgan fingerprint density at radius 1 is 1.04 bits per heavy atom. The highest BCUT2D eigenvalue weighted by Gasteiger charge is 2.17. The smallest absolute Gasteiger partial charge is 0.253 e. The summed E-state index contributed by atoms with van der Waals surface area (Å²) in [5.41, 5.74) is 0.699. The highest BCUT2D eigenvalue weighted by molar-refractivity contribution is 6.38. The molecule has 0 bridgehead atoms. The van der Waals surface area contributed by atoms with Crippen LogP contribution >= 0.6 is 23.2 Å². The largest absolute Gasteiger partial charge is 0.352 e. The molecule has 0 unspecified atom stereocenters. The van der Waals surface area contributed by atoms with Crippen LogP contribution in [0.4, 0.5) is 14.5 Å². The molecule has 2 N–H and O–H groups in total. The second kappa shape index (κ2) is 9.67. The number of hydrogen-bond donors (Lipinski definition) is 2. The molecule has 0 atom stereocenters. The number of rotatable bonds is 7. The predicted octanol–water partition coefficient (Wildman–Crippen LogP) is 4.98. The van der Waals surface area contributed by atoms with Gasteiger partial charge in [-0.1, -0.05) is 30.1 Å². The second-order valence-corrected chi connectivity index (χ2v) is 6.74. The number of carbonyl (C=O) groups is 2. The molecule has 0 spiro atoms. The van der Waals surface area contributed by atoms with Crippen molar-refractivity contribution in [3.8, 4) is 0 Å². The van der Waals surface area contributed by atoms with Crippen LogP contribution in [0.3, 0.4) is 0 Å². The van der Waals surface area contributed by atoms with Crippen LogP contribution in [0.1, 0.15) is 35.7 Å². The van der Waals surface area contributed by atoms with Crippen molar-refractivity contribution < 1.29 is 18.4 Å². The van der Waals surface area contributed by atoms with Crippen LogP contribution in [0.5, 0.6) is 0 Å². The summed E-state index contributed by atoms with van der Waals surface area (Å²) < 4.78 is 26.4. The fraction of sp³-hybridized carbons (Fsp3) is 0.263. The van der Waals surface area contributed by atoms with Crippen LogP contribution in [-0.2, 0) is 11.2 Å². The lowest BCUT2D eigenvalue weighted by molar-refractivity contribution is -0.116. The van der Waals surface area contributed by atoms with Gasteiger partial charge in [0.1, 0.15) is 11.6 Å². The van der Waals surface area contributed by atoms with Gasteiger partial charge in [0.15, 0.2) is 0 Å². The van der Waals surface area contributed by atoms with E-state index in [9.17, 15) is 18.4 Å². The summed E-state index contributed by atoms with van der Waals surface area (Å²) in [5.74, 6) is -2.15. The second-order valence-electron chi connectivity index (χ2n) is 5.89. The molecule has 0 aromatic heterocycles. The van der Waals surface area contributed by atoms with Gasteiger partial charge in [0.25, 0.3) is 5.91 Å². The van der Waals surface area contributed by atoms with Gasteiger partial charge in [0.2, 0.25) is 5.91 Å². The Labute approximate surface area is 165 Å². The molecule has 4 nitrogen and oxygen atoms in total. The number of anilines is 1. The number of nitrogens with one attached hydrogen (secondary N) is 2. The zero-order chi connectivity index (χ0) is 20.0. The average Bonchev–Trinajstić information content (AvgIpc) is 2.56. The fourth-order valence-corrected chi connectivity index (χ4v) is 3.02. The minimum Gasteiger partial charge on any atom is -0.352 e. The Morgan fingerprint density at radius 2 is 1.70 bits per heavy atom. The maximum atomic E-state index is 13.2. The van der Waals surface area contributed by atoms with Gasteiger partial charge in [-0.3, -0.25) is 9.59 Å². The lowest BCUT2D eigenvalue weighted by atomic mass is 10.1. The molecule has 0 saturated heterocycles. The van der Waals surface area contributed by atoms with Crippen molar-refractivity contribution in [2.24, 2.45) is 0 Å². The van der Waals surface area contributed by atoms with Crippen molar-refractivity contribution in [2.75, 3.05) is 11.9 Å². The molecule has 8 heteroatoms. The number of benzene rings is 2. The predicted molar refractivity (Wildman–Crippen MR) is 102 cm³/mol. The SMILES string of the molecule is CCCC(=O)Nc1c(Cl)cc(Cl)cc1C(=O)NCCc1cc(F)cc(F)c1. The van der Waals surface area contributed by atoms with E-state index in [1.807, 2.05) is 6.92 Å². The molecule has 0 fully saturated rings. The van der Waals surface area contributed by atoms with Crippen LogP contribution in [0.25, 0.3) is 0 Å². The number of amides is 2. The normalized spacial score (nSPS) is 10.6.